The van der Waals surface area contributed by atoms with Crippen molar-refractivity contribution in [3.63, 3.8) is 0 Å². The summed E-state index contributed by atoms with van der Waals surface area (Å²) < 4.78 is 0. The van der Waals surface area contributed by atoms with Crippen LogP contribution in [-0.2, 0) is 0 Å². The Morgan fingerprint density at radius 2 is 2.11 bits per heavy atom. The molecule has 0 spiro atoms. The van der Waals surface area contributed by atoms with E-state index in [4.69, 9.17) is 11.6 Å². The summed E-state index contributed by atoms with van der Waals surface area (Å²) in [6, 6.07) is 0.0738. The van der Waals surface area contributed by atoms with Crippen LogP contribution in [0, 0.1) is 10.1 Å². The number of likely N-dealkylation sites (N-methyl/N-ethyl adjacent to an activating group) is 2. The minimum absolute atomic E-state index is 0.0738. The maximum absolute atomic E-state index is 11.1. The highest BCUT2D eigenvalue weighted by Crippen LogP contribution is 2.32. The molecule has 0 bridgehead atoms. The SMILES string of the molecule is CCN(c1ncnc(Cl)c1[N+](=O)[O-])C(C)CN(C)C. The number of aromatic nitrogens is 2. The minimum atomic E-state index is -0.539. The van der Waals surface area contributed by atoms with E-state index < -0.39 is 4.92 Å². The molecule has 0 N–H and O–H groups in total. The van der Waals surface area contributed by atoms with Crippen LogP contribution >= 0.6 is 11.6 Å². The zero-order chi connectivity index (χ0) is 14.6. The first kappa shape index (κ1) is 15.6. The van der Waals surface area contributed by atoms with E-state index in [0.717, 1.165) is 6.54 Å². The molecule has 7 nitrogen and oxygen atoms in total. The van der Waals surface area contributed by atoms with Crippen molar-refractivity contribution in [1.29, 1.82) is 0 Å². The topological polar surface area (TPSA) is 75.4 Å². The van der Waals surface area contributed by atoms with Crippen molar-refractivity contribution >= 4 is 23.1 Å². The highest BCUT2D eigenvalue weighted by molar-refractivity contribution is 6.31. The molecule has 1 heterocycles. The summed E-state index contributed by atoms with van der Waals surface area (Å²) in [6.45, 7) is 5.27. The Morgan fingerprint density at radius 1 is 1.47 bits per heavy atom. The largest absolute Gasteiger partial charge is 0.348 e. The van der Waals surface area contributed by atoms with Gasteiger partial charge in [-0.1, -0.05) is 11.6 Å². The fraction of sp³-hybridized carbons (Fsp3) is 0.636. The highest BCUT2D eigenvalue weighted by atomic mass is 35.5. The molecular formula is C11H18ClN5O2. The third kappa shape index (κ3) is 3.74. The predicted octanol–water partition coefficient (Wildman–Crippen LogP) is 1.81. The molecule has 0 aliphatic heterocycles. The monoisotopic (exact) mass is 287 g/mol. The second kappa shape index (κ2) is 6.63. The summed E-state index contributed by atoms with van der Waals surface area (Å²) in [5.74, 6) is 0.266. The molecule has 0 aliphatic carbocycles. The lowest BCUT2D eigenvalue weighted by Crippen LogP contribution is -2.40. The maximum atomic E-state index is 11.1. The van der Waals surface area contributed by atoms with E-state index in [2.05, 4.69) is 9.97 Å². The van der Waals surface area contributed by atoms with Crippen molar-refractivity contribution in [2.75, 3.05) is 32.1 Å². The van der Waals surface area contributed by atoms with E-state index in [1.165, 1.54) is 6.33 Å². The predicted molar refractivity (Wildman–Crippen MR) is 74.7 cm³/mol. The van der Waals surface area contributed by atoms with Crippen LogP contribution in [0.5, 0.6) is 0 Å². The number of anilines is 1. The summed E-state index contributed by atoms with van der Waals surface area (Å²) in [4.78, 5) is 22.1. The number of nitrogens with zero attached hydrogens (tertiary/aromatic N) is 5. The lowest BCUT2D eigenvalue weighted by molar-refractivity contribution is -0.384. The smallest absolute Gasteiger partial charge is 0.347 e. The van der Waals surface area contributed by atoms with E-state index in [9.17, 15) is 10.1 Å². The van der Waals surface area contributed by atoms with Gasteiger partial charge in [0.1, 0.15) is 6.33 Å². The fourth-order valence-corrected chi connectivity index (χ4v) is 2.21. The quantitative estimate of drug-likeness (QED) is 0.451. The Hall–Kier alpha value is -1.47. The van der Waals surface area contributed by atoms with Crippen LogP contribution in [0.3, 0.4) is 0 Å². The molecule has 0 aromatic carbocycles. The average molecular weight is 288 g/mol. The lowest BCUT2D eigenvalue weighted by Gasteiger charge is -2.30. The zero-order valence-electron chi connectivity index (χ0n) is 11.5. The van der Waals surface area contributed by atoms with E-state index >= 15 is 0 Å². The van der Waals surface area contributed by atoms with Crippen molar-refractivity contribution in [3.05, 3.63) is 21.6 Å². The number of halogens is 1. The van der Waals surface area contributed by atoms with Gasteiger partial charge in [-0.2, -0.15) is 0 Å². The molecule has 1 rings (SSSR count). The number of rotatable bonds is 6. The standard InChI is InChI=1S/C11H18ClN5O2/c1-5-16(8(2)6-15(3)4)11-9(17(18)19)10(12)13-7-14-11/h7-8H,5-6H2,1-4H3. The molecule has 1 aromatic heterocycles. The summed E-state index contributed by atoms with van der Waals surface area (Å²) in [5.41, 5.74) is -0.239. The van der Waals surface area contributed by atoms with E-state index in [1.807, 2.05) is 37.7 Å². The Morgan fingerprint density at radius 3 is 2.58 bits per heavy atom. The van der Waals surface area contributed by atoms with Gasteiger partial charge in [0.25, 0.3) is 0 Å². The summed E-state index contributed by atoms with van der Waals surface area (Å²) >= 11 is 5.81. The van der Waals surface area contributed by atoms with Gasteiger partial charge < -0.3 is 9.80 Å². The van der Waals surface area contributed by atoms with Gasteiger partial charge in [-0.25, -0.2) is 9.97 Å². The van der Waals surface area contributed by atoms with Crippen LogP contribution in [-0.4, -0.2) is 53.0 Å². The molecule has 0 saturated heterocycles. The number of nitro groups is 1. The normalized spacial score (nSPS) is 12.5. The van der Waals surface area contributed by atoms with Crippen molar-refractivity contribution in [3.8, 4) is 0 Å². The minimum Gasteiger partial charge on any atom is -0.347 e. The van der Waals surface area contributed by atoms with E-state index in [0.29, 0.717) is 6.54 Å². The molecule has 106 valence electrons. The first-order valence-corrected chi connectivity index (χ1v) is 6.32. The van der Waals surface area contributed by atoms with Crippen molar-refractivity contribution in [2.24, 2.45) is 0 Å². The molecule has 0 amide bonds. The van der Waals surface area contributed by atoms with Crippen molar-refractivity contribution < 1.29 is 4.92 Å². The molecule has 0 aliphatic rings. The van der Waals surface area contributed by atoms with Gasteiger partial charge in [0.2, 0.25) is 11.0 Å². The Bertz CT molecular complexity index is 455. The van der Waals surface area contributed by atoms with E-state index in [-0.39, 0.29) is 22.7 Å². The molecule has 0 saturated carbocycles. The van der Waals surface area contributed by atoms with E-state index in [1.54, 1.807) is 0 Å². The number of hydrogen-bond acceptors (Lipinski definition) is 6. The molecule has 19 heavy (non-hydrogen) atoms. The zero-order valence-corrected chi connectivity index (χ0v) is 12.3. The summed E-state index contributed by atoms with van der Waals surface area (Å²) in [6.07, 6.45) is 1.25. The fourth-order valence-electron chi connectivity index (χ4n) is 2.01. The molecule has 8 heteroatoms. The average Bonchev–Trinajstić information content (AvgIpc) is 2.28. The molecule has 1 unspecified atom stereocenters. The van der Waals surface area contributed by atoms with Crippen molar-refractivity contribution in [1.82, 2.24) is 14.9 Å². The third-order valence-corrected chi connectivity index (χ3v) is 2.99. The molecule has 1 aromatic rings. The molecule has 0 fully saturated rings. The van der Waals surface area contributed by atoms with Gasteiger partial charge in [-0.3, -0.25) is 10.1 Å². The Kier molecular flexibility index (Phi) is 5.44. The van der Waals surface area contributed by atoms with Crippen LogP contribution < -0.4 is 4.90 Å². The highest BCUT2D eigenvalue weighted by Gasteiger charge is 2.27. The van der Waals surface area contributed by atoms with Crippen LogP contribution in [0.15, 0.2) is 6.33 Å². The molecule has 0 radical (unpaired) electrons. The van der Waals surface area contributed by atoms with Gasteiger partial charge in [0.05, 0.1) is 4.92 Å². The van der Waals surface area contributed by atoms with Crippen LogP contribution in [0.25, 0.3) is 0 Å². The van der Waals surface area contributed by atoms with Gasteiger partial charge in [0.15, 0.2) is 0 Å². The second-order valence-electron chi connectivity index (χ2n) is 4.49. The molecular weight excluding hydrogens is 270 g/mol. The van der Waals surface area contributed by atoms with Gasteiger partial charge in [-0.15, -0.1) is 0 Å². The van der Waals surface area contributed by atoms with Crippen LogP contribution in [0.1, 0.15) is 13.8 Å². The van der Waals surface area contributed by atoms with Crippen LogP contribution in [0.2, 0.25) is 5.15 Å². The van der Waals surface area contributed by atoms with Gasteiger partial charge >= 0.3 is 5.69 Å². The Balaban J connectivity index is 3.18. The lowest BCUT2D eigenvalue weighted by atomic mass is 10.2. The summed E-state index contributed by atoms with van der Waals surface area (Å²) in [7, 11) is 3.90. The maximum Gasteiger partial charge on any atom is 0.348 e. The summed E-state index contributed by atoms with van der Waals surface area (Å²) in [5, 5.41) is 11.0. The number of hydrogen-bond donors (Lipinski definition) is 0. The molecule has 1 atom stereocenters. The first-order valence-electron chi connectivity index (χ1n) is 5.94. The van der Waals surface area contributed by atoms with Gasteiger partial charge in [0, 0.05) is 19.1 Å². The van der Waals surface area contributed by atoms with Crippen LogP contribution in [0.4, 0.5) is 11.5 Å². The van der Waals surface area contributed by atoms with Gasteiger partial charge in [-0.05, 0) is 27.9 Å². The third-order valence-electron chi connectivity index (χ3n) is 2.72. The van der Waals surface area contributed by atoms with Crippen molar-refractivity contribution in [2.45, 2.75) is 19.9 Å². The first-order chi connectivity index (χ1) is 8.88. The Labute approximate surface area is 117 Å². The second-order valence-corrected chi connectivity index (χ2v) is 4.85.